The zero-order valence-corrected chi connectivity index (χ0v) is 15.5. The second kappa shape index (κ2) is 6.66. The van der Waals surface area contributed by atoms with Crippen LogP contribution in [0.2, 0.25) is 0 Å². The molecule has 27 heavy (non-hydrogen) atoms. The highest BCUT2D eigenvalue weighted by molar-refractivity contribution is 5.95. The summed E-state index contributed by atoms with van der Waals surface area (Å²) < 4.78 is 7.20. The summed E-state index contributed by atoms with van der Waals surface area (Å²) in [5, 5.41) is 3.65. The van der Waals surface area contributed by atoms with Gasteiger partial charge in [-0.25, -0.2) is 9.97 Å². The molecule has 0 bridgehead atoms. The van der Waals surface area contributed by atoms with E-state index >= 15 is 0 Å². The lowest BCUT2D eigenvalue weighted by molar-refractivity contribution is 0.0941. The minimum absolute atomic E-state index is 0.0697. The molecular formula is C20H23N5O2. The monoisotopic (exact) mass is 365 g/mol. The molecule has 3 N–H and O–H groups in total. The van der Waals surface area contributed by atoms with E-state index in [1.54, 1.807) is 7.11 Å². The Kier molecular flexibility index (Phi) is 4.31. The van der Waals surface area contributed by atoms with E-state index in [1.807, 2.05) is 36.5 Å². The van der Waals surface area contributed by atoms with Crippen LogP contribution in [0, 0.1) is 0 Å². The summed E-state index contributed by atoms with van der Waals surface area (Å²) in [7, 11) is 1.66. The molecule has 0 radical (unpaired) electrons. The molecular weight excluding hydrogens is 342 g/mol. The summed E-state index contributed by atoms with van der Waals surface area (Å²) in [5.41, 5.74) is 8.94. The fourth-order valence-corrected chi connectivity index (χ4v) is 3.18. The highest BCUT2D eigenvalue weighted by Crippen LogP contribution is 2.44. The second-order valence-electron chi connectivity index (χ2n) is 7.28. The van der Waals surface area contributed by atoms with Gasteiger partial charge in [-0.15, -0.1) is 0 Å². The van der Waals surface area contributed by atoms with E-state index in [4.69, 9.17) is 10.5 Å². The van der Waals surface area contributed by atoms with E-state index in [0.29, 0.717) is 19.0 Å². The lowest BCUT2D eigenvalue weighted by atomic mass is 10.1. The number of amides is 1. The standard InChI is InChI=1S/C20H23N5O2/c1-20(8-9-20)25-10-7-15-16(21)23-17(24-18(15)25)19(26)22-11-13-3-5-14(6-4-13)12-27-2/h3-7,10H,8-9,11-12H2,1-2H3,(H,22,26)(H2,21,23,24). The normalized spacial score (nSPS) is 15.0. The molecule has 0 spiro atoms. The van der Waals surface area contributed by atoms with Gasteiger partial charge in [-0.2, -0.15) is 0 Å². The Bertz CT molecular complexity index is 990. The highest BCUT2D eigenvalue weighted by Gasteiger charge is 2.40. The third-order valence-corrected chi connectivity index (χ3v) is 5.12. The van der Waals surface area contributed by atoms with Crippen LogP contribution in [-0.4, -0.2) is 27.6 Å². The summed E-state index contributed by atoms with van der Waals surface area (Å²) >= 11 is 0. The van der Waals surface area contributed by atoms with Gasteiger partial charge < -0.3 is 20.4 Å². The van der Waals surface area contributed by atoms with E-state index in [9.17, 15) is 4.79 Å². The number of nitrogens with one attached hydrogen (secondary N) is 1. The predicted octanol–water partition coefficient (Wildman–Crippen LogP) is 2.60. The van der Waals surface area contributed by atoms with Gasteiger partial charge in [0.2, 0.25) is 5.82 Å². The fourth-order valence-electron chi connectivity index (χ4n) is 3.18. The van der Waals surface area contributed by atoms with Crippen LogP contribution in [0.15, 0.2) is 36.5 Å². The van der Waals surface area contributed by atoms with Gasteiger partial charge in [0.1, 0.15) is 11.5 Å². The van der Waals surface area contributed by atoms with Gasteiger partial charge in [0, 0.05) is 25.4 Å². The van der Waals surface area contributed by atoms with Crippen molar-refractivity contribution in [2.75, 3.05) is 12.8 Å². The summed E-state index contributed by atoms with van der Waals surface area (Å²) in [6.45, 7) is 3.14. The number of benzene rings is 1. The molecule has 2 aromatic heterocycles. The fraction of sp³-hybridized carbons (Fsp3) is 0.350. The lowest BCUT2D eigenvalue weighted by Crippen LogP contribution is -2.25. The van der Waals surface area contributed by atoms with Crippen molar-refractivity contribution < 1.29 is 9.53 Å². The number of fused-ring (bicyclic) bond motifs is 1. The molecule has 1 saturated carbocycles. The maximum atomic E-state index is 12.6. The second-order valence-corrected chi connectivity index (χ2v) is 7.28. The molecule has 1 aromatic carbocycles. The molecule has 1 aliphatic rings. The Morgan fingerprint density at radius 1 is 1.22 bits per heavy atom. The first kappa shape index (κ1) is 17.5. The molecule has 0 aliphatic heterocycles. The van der Waals surface area contributed by atoms with E-state index in [-0.39, 0.29) is 17.3 Å². The first-order chi connectivity index (χ1) is 13.0. The van der Waals surface area contributed by atoms with Crippen LogP contribution in [0.5, 0.6) is 0 Å². The van der Waals surface area contributed by atoms with Gasteiger partial charge in [-0.1, -0.05) is 24.3 Å². The van der Waals surface area contributed by atoms with Crippen LogP contribution in [0.4, 0.5) is 5.82 Å². The molecule has 140 valence electrons. The zero-order chi connectivity index (χ0) is 19.0. The minimum Gasteiger partial charge on any atom is -0.383 e. The molecule has 7 heteroatoms. The van der Waals surface area contributed by atoms with E-state index in [0.717, 1.165) is 35.0 Å². The van der Waals surface area contributed by atoms with Crippen LogP contribution in [0.25, 0.3) is 11.0 Å². The van der Waals surface area contributed by atoms with Crippen molar-refractivity contribution in [1.82, 2.24) is 19.9 Å². The number of methoxy groups -OCH3 is 1. The average molecular weight is 365 g/mol. The topological polar surface area (TPSA) is 95.1 Å². The molecule has 3 aromatic rings. The Morgan fingerprint density at radius 3 is 2.59 bits per heavy atom. The third-order valence-electron chi connectivity index (χ3n) is 5.12. The van der Waals surface area contributed by atoms with Crippen molar-refractivity contribution >= 4 is 22.8 Å². The minimum atomic E-state index is -0.335. The number of nitrogens with two attached hydrogens (primary N) is 1. The SMILES string of the molecule is COCc1ccc(CNC(=O)c2nc(N)c3ccn(C4(C)CC4)c3n2)cc1. The quantitative estimate of drug-likeness (QED) is 0.700. The van der Waals surface area contributed by atoms with Gasteiger partial charge in [-0.3, -0.25) is 4.79 Å². The van der Waals surface area contributed by atoms with Crippen molar-refractivity contribution in [3.05, 3.63) is 53.5 Å². The average Bonchev–Trinajstić information content (AvgIpc) is 3.25. The number of nitrogen functional groups attached to an aromatic ring is 1. The zero-order valence-electron chi connectivity index (χ0n) is 15.5. The molecule has 0 unspecified atom stereocenters. The summed E-state index contributed by atoms with van der Waals surface area (Å²) in [5.74, 6) is 0.0931. The predicted molar refractivity (Wildman–Crippen MR) is 103 cm³/mol. The van der Waals surface area contributed by atoms with Crippen LogP contribution in [-0.2, 0) is 23.4 Å². The van der Waals surface area contributed by atoms with Crippen LogP contribution >= 0.6 is 0 Å². The number of carbonyl (C=O) groups excluding carboxylic acids is 1. The molecule has 4 rings (SSSR count). The molecule has 1 fully saturated rings. The third kappa shape index (κ3) is 3.38. The smallest absolute Gasteiger partial charge is 0.289 e. The van der Waals surface area contributed by atoms with Gasteiger partial charge in [0.15, 0.2) is 0 Å². The summed E-state index contributed by atoms with van der Waals surface area (Å²) in [4.78, 5) is 21.2. The number of carbonyl (C=O) groups is 1. The number of ether oxygens (including phenoxy) is 1. The van der Waals surface area contributed by atoms with Gasteiger partial charge >= 0.3 is 0 Å². The van der Waals surface area contributed by atoms with Crippen molar-refractivity contribution in [2.45, 2.75) is 38.5 Å². The van der Waals surface area contributed by atoms with Crippen molar-refractivity contribution in [2.24, 2.45) is 0 Å². The number of aromatic nitrogens is 3. The molecule has 7 nitrogen and oxygen atoms in total. The van der Waals surface area contributed by atoms with E-state index in [1.165, 1.54) is 0 Å². The Balaban J connectivity index is 1.52. The van der Waals surface area contributed by atoms with E-state index in [2.05, 4.69) is 26.8 Å². The maximum Gasteiger partial charge on any atom is 0.289 e. The number of nitrogens with zero attached hydrogens (tertiary/aromatic N) is 3. The molecule has 0 saturated heterocycles. The number of anilines is 1. The lowest BCUT2D eigenvalue weighted by Gasteiger charge is -2.13. The maximum absolute atomic E-state index is 12.6. The van der Waals surface area contributed by atoms with Crippen LogP contribution in [0.1, 0.15) is 41.5 Å². The van der Waals surface area contributed by atoms with Crippen molar-refractivity contribution in [3.8, 4) is 0 Å². The van der Waals surface area contributed by atoms with Gasteiger partial charge in [0.25, 0.3) is 5.91 Å². The van der Waals surface area contributed by atoms with Crippen LogP contribution < -0.4 is 11.1 Å². The summed E-state index contributed by atoms with van der Waals surface area (Å²) in [6, 6.07) is 9.80. The molecule has 2 heterocycles. The molecule has 1 amide bonds. The van der Waals surface area contributed by atoms with E-state index < -0.39 is 0 Å². The Labute approximate surface area is 157 Å². The number of rotatable bonds is 6. The van der Waals surface area contributed by atoms with Gasteiger partial charge in [-0.05, 0) is 37.0 Å². The van der Waals surface area contributed by atoms with Crippen molar-refractivity contribution in [3.63, 3.8) is 0 Å². The Hall–Kier alpha value is -2.93. The molecule has 0 atom stereocenters. The number of hydrogen-bond donors (Lipinski definition) is 2. The largest absolute Gasteiger partial charge is 0.383 e. The summed E-state index contributed by atoms with van der Waals surface area (Å²) in [6.07, 6.45) is 4.18. The van der Waals surface area contributed by atoms with Gasteiger partial charge in [0.05, 0.1) is 12.0 Å². The Morgan fingerprint density at radius 2 is 1.93 bits per heavy atom. The van der Waals surface area contributed by atoms with Crippen LogP contribution in [0.3, 0.4) is 0 Å². The first-order valence-electron chi connectivity index (χ1n) is 9.00. The van der Waals surface area contributed by atoms with Crippen molar-refractivity contribution in [1.29, 1.82) is 0 Å². The molecule has 1 aliphatic carbocycles. The first-order valence-corrected chi connectivity index (χ1v) is 9.00. The highest BCUT2D eigenvalue weighted by atomic mass is 16.5. The number of hydrogen-bond acceptors (Lipinski definition) is 5.